The molecule has 0 aliphatic rings. The van der Waals surface area contributed by atoms with Gasteiger partial charge in [-0.25, -0.2) is 9.97 Å². The minimum absolute atomic E-state index is 0.0690. The highest BCUT2D eigenvalue weighted by molar-refractivity contribution is 5.98. The number of nitrogens with zero attached hydrogens (tertiary/aromatic N) is 2. The summed E-state index contributed by atoms with van der Waals surface area (Å²) in [6, 6.07) is 0. The van der Waals surface area contributed by atoms with Gasteiger partial charge < -0.3 is 16.5 Å². The molecule has 0 fully saturated rings. The van der Waals surface area contributed by atoms with Crippen LogP contribution in [0.2, 0.25) is 0 Å². The van der Waals surface area contributed by atoms with Crippen molar-refractivity contribution in [3.8, 4) is 0 Å². The molecule has 2 amide bonds. The highest BCUT2D eigenvalue weighted by atomic mass is 16.2. The normalized spacial score (nSPS) is 10.2. The van der Waals surface area contributed by atoms with E-state index in [4.69, 9.17) is 11.6 Å². The second-order valence-corrected chi connectivity index (χ2v) is 3.94. The van der Waals surface area contributed by atoms with Crippen molar-refractivity contribution < 1.29 is 9.59 Å². The Kier molecular flexibility index (Phi) is 4.55. The van der Waals surface area contributed by atoms with Gasteiger partial charge in [-0.2, -0.15) is 0 Å². The third-order valence-electron chi connectivity index (χ3n) is 2.12. The predicted octanol–water partition coefficient (Wildman–Crippen LogP) is -0.899. The van der Waals surface area contributed by atoms with Crippen LogP contribution in [0.1, 0.15) is 36.1 Å². The second-order valence-electron chi connectivity index (χ2n) is 3.94. The van der Waals surface area contributed by atoms with Crippen LogP contribution in [-0.4, -0.2) is 28.3 Å². The first-order valence-corrected chi connectivity index (χ1v) is 5.35. The molecule has 0 aliphatic heterocycles. The van der Waals surface area contributed by atoms with Crippen LogP contribution >= 0.6 is 0 Å². The van der Waals surface area contributed by atoms with E-state index < -0.39 is 11.8 Å². The lowest BCUT2D eigenvalue weighted by atomic mass is 10.2. The average Bonchev–Trinajstić information content (AvgIpc) is 2.34. The molecule has 1 aromatic heterocycles. The summed E-state index contributed by atoms with van der Waals surface area (Å²) in [6.45, 7) is 3.54. The number of hydrogen-bond donors (Lipinski definition) is 4. The van der Waals surface area contributed by atoms with Gasteiger partial charge in [-0.15, -0.1) is 0 Å². The Labute approximate surface area is 104 Å². The maximum Gasteiger partial charge on any atom is 0.272 e. The Morgan fingerprint density at radius 2 is 2.11 bits per heavy atom. The molecule has 8 heteroatoms. The smallest absolute Gasteiger partial charge is 0.272 e. The number of hydrogen-bond acceptors (Lipinski definition) is 6. The second kappa shape index (κ2) is 5.92. The van der Waals surface area contributed by atoms with Crippen LogP contribution in [0.3, 0.4) is 0 Å². The topological polar surface area (TPSA) is 136 Å². The summed E-state index contributed by atoms with van der Waals surface area (Å²) in [4.78, 5) is 30.6. The number of carbonyl (C=O) groups is 2. The predicted molar refractivity (Wildman–Crippen MR) is 65.5 cm³/mol. The average molecular weight is 252 g/mol. The molecule has 0 unspecified atom stereocenters. The number of primary amides is 1. The molecule has 1 aromatic rings. The molecule has 18 heavy (non-hydrogen) atoms. The molecular formula is C10H16N6O2. The van der Waals surface area contributed by atoms with Crippen LogP contribution in [0, 0.1) is 0 Å². The van der Waals surface area contributed by atoms with E-state index in [0.29, 0.717) is 5.82 Å². The van der Waals surface area contributed by atoms with Crippen molar-refractivity contribution in [2.24, 2.45) is 11.6 Å². The zero-order chi connectivity index (χ0) is 13.7. The first-order chi connectivity index (χ1) is 8.45. The van der Waals surface area contributed by atoms with Crippen molar-refractivity contribution in [1.29, 1.82) is 0 Å². The van der Waals surface area contributed by atoms with Crippen LogP contribution in [0.4, 0.5) is 5.69 Å². The molecule has 98 valence electrons. The zero-order valence-electron chi connectivity index (χ0n) is 10.2. The zero-order valence-corrected chi connectivity index (χ0v) is 10.2. The van der Waals surface area contributed by atoms with E-state index in [1.165, 1.54) is 6.20 Å². The summed E-state index contributed by atoms with van der Waals surface area (Å²) in [6.07, 6.45) is 1.42. The Bertz CT molecular complexity index is 460. The van der Waals surface area contributed by atoms with E-state index in [9.17, 15) is 9.59 Å². The molecule has 8 nitrogen and oxygen atoms in total. The largest absolute Gasteiger partial charge is 0.368 e. The minimum atomic E-state index is -0.635. The van der Waals surface area contributed by atoms with Gasteiger partial charge in [0.05, 0.1) is 18.4 Å². The minimum Gasteiger partial charge on any atom is -0.368 e. The van der Waals surface area contributed by atoms with E-state index in [-0.39, 0.29) is 23.8 Å². The van der Waals surface area contributed by atoms with Crippen LogP contribution in [0.25, 0.3) is 0 Å². The summed E-state index contributed by atoms with van der Waals surface area (Å²) in [5.41, 5.74) is 7.63. The van der Waals surface area contributed by atoms with E-state index in [1.54, 1.807) is 0 Å². The van der Waals surface area contributed by atoms with Crippen molar-refractivity contribution in [3.05, 3.63) is 17.7 Å². The van der Waals surface area contributed by atoms with E-state index in [0.717, 1.165) is 0 Å². The number of nitrogens with one attached hydrogen (secondary N) is 2. The fraction of sp³-hybridized carbons (Fsp3) is 0.400. The highest BCUT2D eigenvalue weighted by Gasteiger charge is 2.16. The maximum atomic E-state index is 11.8. The number of carbonyl (C=O) groups excluding carboxylic acids is 2. The van der Waals surface area contributed by atoms with Crippen molar-refractivity contribution in [1.82, 2.24) is 15.3 Å². The van der Waals surface area contributed by atoms with Crippen molar-refractivity contribution in [2.45, 2.75) is 19.8 Å². The highest BCUT2D eigenvalue weighted by Crippen LogP contribution is 2.15. The maximum absolute atomic E-state index is 11.8. The van der Waals surface area contributed by atoms with Gasteiger partial charge in [0.15, 0.2) is 5.69 Å². The summed E-state index contributed by atoms with van der Waals surface area (Å²) in [7, 11) is 0. The SMILES string of the molecule is CC(C)c1ncc(NN)c(C(=O)NCC(N)=O)n1. The first-order valence-electron chi connectivity index (χ1n) is 5.35. The lowest BCUT2D eigenvalue weighted by Gasteiger charge is -2.10. The summed E-state index contributed by atoms with van der Waals surface area (Å²) < 4.78 is 0. The lowest BCUT2D eigenvalue weighted by molar-refractivity contribution is -0.117. The number of aromatic nitrogens is 2. The summed E-state index contributed by atoms with van der Waals surface area (Å²) >= 11 is 0. The third kappa shape index (κ3) is 3.39. The summed E-state index contributed by atoms with van der Waals surface area (Å²) in [5, 5.41) is 2.34. The molecule has 0 aliphatic carbocycles. The molecule has 6 N–H and O–H groups in total. The number of rotatable bonds is 5. The fourth-order valence-electron chi connectivity index (χ4n) is 1.20. The Balaban J connectivity index is 3.00. The standard InChI is InChI=1S/C10H16N6O2/c1-5(2)9-13-3-6(16-12)8(15-9)10(18)14-4-7(11)17/h3,5,16H,4,12H2,1-2H3,(H2,11,17)(H,14,18). The fourth-order valence-corrected chi connectivity index (χ4v) is 1.20. The molecule has 0 saturated carbocycles. The summed E-state index contributed by atoms with van der Waals surface area (Å²) in [5.74, 6) is 4.68. The van der Waals surface area contributed by atoms with Crippen molar-refractivity contribution in [3.63, 3.8) is 0 Å². The van der Waals surface area contributed by atoms with Crippen LogP contribution < -0.4 is 22.3 Å². The van der Waals surface area contributed by atoms with Gasteiger partial charge >= 0.3 is 0 Å². The van der Waals surface area contributed by atoms with Gasteiger partial charge in [-0.05, 0) is 0 Å². The number of amides is 2. The van der Waals surface area contributed by atoms with Gasteiger partial charge in [-0.3, -0.25) is 15.4 Å². The Morgan fingerprint density at radius 1 is 1.44 bits per heavy atom. The van der Waals surface area contributed by atoms with E-state index >= 15 is 0 Å². The van der Waals surface area contributed by atoms with Gasteiger partial charge in [0.2, 0.25) is 5.91 Å². The number of nitrogens with two attached hydrogens (primary N) is 2. The van der Waals surface area contributed by atoms with Gasteiger partial charge in [0.25, 0.3) is 5.91 Å². The monoisotopic (exact) mass is 252 g/mol. The molecule has 0 spiro atoms. The third-order valence-corrected chi connectivity index (χ3v) is 2.12. The number of hydrazine groups is 1. The van der Waals surface area contributed by atoms with Gasteiger partial charge in [-0.1, -0.05) is 13.8 Å². The molecule has 0 bridgehead atoms. The van der Waals surface area contributed by atoms with Crippen LogP contribution in [-0.2, 0) is 4.79 Å². The number of nitrogen functional groups attached to an aromatic ring is 1. The van der Waals surface area contributed by atoms with E-state index in [1.807, 2.05) is 13.8 Å². The van der Waals surface area contributed by atoms with Crippen LogP contribution in [0.15, 0.2) is 6.20 Å². The van der Waals surface area contributed by atoms with Crippen molar-refractivity contribution in [2.75, 3.05) is 12.0 Å². The number of anilines is 1. The van der Waals surface area contributed by atoms with Crippen molar-refractivity contribution >= 4 is 17.5 Å². The molecule has 0 saturated heterocycles. The van der Waals surface area contributed by atoms with E-state index in [2.05, 4.69) is 20.7 Å². The molecule has 0 atom stereocenters. The van der Waals surface area contributed by atoms with Crippen LogP contribution in [0.5, 0.6) is 0 Å². The van der Waals surface area contributed by atoms with Gasteiger partial charge in [0.1, 0.15) is 5.82 Å². The Hall–Kier alpha value is -2.22. The molecule has 0 radical (unpaired) electrons. The Morgan fingerprint density at radius 3 is 2.61 bits per heavy atom. The molecule has 1 rings (SSSR count). The molecule has 0 aromatic carbocycles. The molecular weight excluding hydrogens is 236 g/mol. The lowest BCUT2D eigenvalue weighted by Crippen LogP contribution is -2.34. The van der Waals surface area contributed by atoms with Gasteiger partial charge in [0, 0.05) is 5.92 Å². The first kappa shape index (κ1) is 13.8. The molecule has 1 heterocycles. The quantitative estimate of drug-likeness (QED) is 0.396.